The first-order chi connectivity index (χ1) is 12.4. The zero-order valence-electron chi connectivity index (χ0n) is 15.8. The summed E-state index contributed by atoms with van der Waals surface area (Å²) in [6.45, 7) is 11.5. The fraction of sp³-hybridized carbons (Fsp3) is 0.500. The molecule has 8 heteroatoms. The van der Waals surface area contributed by atoms with Crippen molar-refractivity contribution in [1.82, 2.24) is 24.1 Å². The van der Waals surface area contributed by atoms with Gasteiger partial charge in [0.05, 0.1) is 12.3 Å². The van der Waals surface area contributed by atoms with E-state index in [1.807, 2.05) is 29.1 Å². The number of aryl methyl sites for hydroxylation is 1. The molecule has 26 heavy (non-hydrogen) atoms. The second kappa shape index (κ2) is 7.63. The maximum atomic E-state index is 6.58. The highest BCUT2D eigenvalue weighted by Crippen LogP contribution is 2.31. The number of nitrogens with zero attached hydrogens (tertiary/aromatic N) is 5. The quantitative estimate of drug-likeness (QED) is 0.634. The molecule has 7 nitrogen and oxygen atoms in total. The van der Waals surface area contributed by atoms with E-state index in [9.17, 15) is 0 Å². The van der Waals surface area contributed by atoms with Gasteiger partial charge in [-0.15, -0.1) is 0 Å². The molecular formula is C18H25ClN6O. The molecule has 0 saturated heterocycles. The molecule has 0 saturated carbocycles. The van der Waals surface area contributed by atoms with Gasteiger partial charge in [-0.05, 0) is 32.8 Å². The van der Waals surface area contributed by atoms with Crippen LogP contribution in [0.15, 0.2) is 18.5 Å². The molecule has 3 aromatic rings. The van der Waals surface area contributed by atoms with Gasteiger partial charge in [0, 0.05) is 30.7 Å². The minimum Gasteiger partial charge on any atom is -0.380 e. The number of hydrogen-bond donors (Lipinski definition) is 1. The predicted octanol–water partition coefficient (Wildman–Crippen LogP) is 3.84. The Morgan fingerprint density at radius 1 is 1.31 bits per heavy atom. The van der Waals surface area contributed by atoms with Gasteiger partial charge in [-0.2, -0.15) is 10.1 Å². The van der Waals surface area contributed by atoms with Crippen LogP contribution in [0.1, 0.15) is 45.0 Å². The number of hydrogen-bond acceptors (Lipinski definition) is 5. The molecule has 0 radical (unpaired) electrons. The van der Waals surface area contributed by atoms with Crippen LogP contribution in [0.4, 0.5) is 5.82 Å². The fourth-order valence-electron chi connectivity index (χ4n) is 2.91. The molecule has 1 atom stereocenters. The van der Waals surface area contributed by atoms with Gasteiger partial charge in [0.25, 0.3) is 0 Å². The molecule has 0 aliphatic heterocycles. The summed E-state index contributed by atoms with van der Waals surface area (Å²) in [7, 11) is 0. The SMILES string of the molecule is CCOCC(C)Nc1c(-n2nc(C)cc2C(C)C)c(Cl)nc2nccn12. The Labute approximate surface area is 158 Å². The topological polar surface area (TPSA) is 69.3 Å². The lowest BCUT2D eigenvalue weighted by molar-refractivity contribution is 0.141. The highest BCUT2D eigenvalue weighted by molar-refractivity contribution is 6.31. The molecule has 0 amide bonds. The van der Waals surface area contributed by atoms with Gasteiger partial charge in [-0.25, -0.2) is 9.67 Å². The van der Waals surface area contributed by atoms with E-state index in [1.165, 1.54) is 0 Å². The maximum Gasteiger partial charge on any atom is 0.236 e. The maximum absolute atomic E-state index is 6.58. The number of fused-ring (bicyclic) bond motifs is 1. The molecule has 0 fully saturated rings. The summed E-state index contributed by atoms with van der Waals surface area (Å²) in [5, 5.41) is 8.53. The number of rotatable bonds is 7. The van der Waals surface area contributed by atoms with E-state index in [0.717, 1.165) is 22.9 Å². The van der Waals surface area contributed by atoms with E-state index in [-0.39, 0.29) is 6.04 Å². The van der Waals surface area contributed by atoms with E-state index in [4.69, 9.17) is 16.3 Å². The Hall–Kier alpha value is -2.12. The van der Waals surface area contributed by atoms with Crippen molar-refractivity contribution in [1.29, 1.82) is 0 Å². The van der Waals surface area contributed by atoms with Crippen molar-refractivity contribution < 1.29 is 4.74 Å². The lowest BCUT2D eigenvalue weighted by Gasteiger charge is -2.21. The molecule has 3 aromatic heterocycles. The summed E-state index contributed by atoms with van der Waals surface area (Å²) in [5.41, 5.74) is 2.73. The Balaban J connectivity index is 2.18. The summed E-state index contributed by atoms with van der Waals surface area (Å²) in [6.07, 6.45) is 3.57. The van der Waals surface area contributed by atoms with Crippen molar-refractivity contribution in [3.63, 3.8) is 0 Å². The Kier molecular flexibility index (Phi) is 5.48. The number of halogens is 1. The van der Waals surface area contributed by atoms with Gasteiger partial charge in [0.2, 0.25) is 5.78 Å². The van der Waals surface area contributed by atoms with Crippen LogP contribution in [0.3, 0.4) is 0 Å². The van der Waals surface area contributed by atoms with E-state index < -0.39 is 0 Å². The van der Waals surface area contributed by atoms with Crippen LogP contribution in [0.25, 0.3) is 11.5 Å². The Bertz CT molecular complexity index is 901. The van der Waals surface area contributed by atoms with Crippen LogP contribution in [0, 0.1) is 6.92 Å². The molecule has 0 spiro atoms. The van der Waals surface area contributed by atoms with E-state index in [2.05, 4.69) is 47.2 Å². The van der Waals surface area contributed by atoms with Crippen molar-refractivity contribution in [2.24, 2.45) is 0 Å². The summed E-state index contributed by atoms with van der Waals surface area (Å²) >= 11 is 6.58. The normalized spacial score (nSPS) is 12.9. The first-order valence-corrected chi connectivity index (χ1v) is 9.23. The van der Waals surface area contributed by atoms with Gasteiger partial charge < -0.3 is 10.1 Å². The van der Waals surface area contributed by atoms with Gasteiger partial charge in [-0.1, -0.05) is 25.4 Å². The number of ether oxygens (including phenoxy) is 1. The molecule has 1 unspecified atom stereocenters. The molecule has 3 rings (SSSR count). The third-order valence-corrected chi connectivity index (χ3v) is 4.36. The van der Waals surface area contributed by atoms with Gasteiger partial charge >= 0.3 is 0 Å². The number of imidazole rings is 1. The summed E-state index contributed by atoms with van der Waals surface area (Å²) in [5.74, 6) is 1.63. The van der Waals surface area contributed by atoms with Crippen molar-refractivity contribution in [2.75, 3.05) is 18.5 Å². The van der Waals surface area contributed by atoms with Crippen LogP contribution in [0.5, 0.6) is 0 Å². The molecule has 0 aliphatic carbocycles. The largest absolute Gasteiger partial charge is 0.380 e. The monoisotopic (exact) mass is 376 g/mol. The molecule has 1 N–H and O–H groups in total. The number of anilines is 1. The van der Waals surface area contributed by atoms with Crippen LogP contribution < -0.4 is 5.32 Å². The van der Waals surface area contributed by atoms with E-state index >= 15 is 0 Å². The van der Waals surface area contributed by atoms with Crippen molar-refractivity contribution in [3.05, 3.63) is 35.0 Å². The minimum atomic E-state index is 0.0805. The first-order valence-electron chi connectivity index (χ1n) is 8.86. The third-order valence-electron chi connectivity index (χ3n) is 4.10. The second-order valence-electron chi connectivity index (χ2n) is 6.68. The third kappa shape index (κ3) is 3.54. The van der Waals surface area contributed by atoms with Crippen molar-refractivity contribution in [3.8, 4) is 5.69 Å². The van der Waals surface area contributed by atoms with Crippen molar-refractivity contribution in [2.45, 2.75) is 46.6 Å². The summed E-state index contributed by atoms with van der Waals surface area (Å²) < 4.78 is 9.32. The highest BCUT2D eigenvalue weighted by Gasteiger charge is 2.22. The molecule has 0 bridgehead atoms. The fourth-order valence-corrected chi connectivity index (χ4v) is 3.16. The zero-order chi connectivity index (χ0) is 18.8. The standard InChI is InChI=1S/C18H25ClN6O/c1-6-26-10-13(5)21-17-15(16(19)22-18-20-7-8-24(17)18)25-14(11(2)3)9-12(4)23-25/h7-9,11,13,21H,6,10H2,1-5H3. The second-order valence-corrected chi connectivity index (χ2v) is 7.04. The zero-order valence-corrected chi connectivity index (χ0v) is 16.6. The van der Waals surface area contributed by atoms with E-state index in [0.29, 0.717) is 30.1 Å². The number of nitrogens with one attached hydrogen (secondary N) is 1. The van der Waals surface area contributed by atoms with Gasteiger partial charge in [0.15, 0.2) is 5.15 Å². The Morgan fingerprint density at radius 2 is 2.08 bits per heavy atom. The molecular weight excluding hydrogens is 352 g/mol. The van der Waals surface area contributed by atoms with Crippen molar-refractivity contribution >= 4 is 23.2 Å². The van der Waals surface area contributed by atoms with Gasteiger partial charge in [-0.3, -0.25) is 4.40 Å². The van der Waals surface area contributed by atoms with Crippen LogP contribution >= 0.6 is 11.6 Å². The molecule has 0 aliphatic rings. The lowest BCUT2D eigenvalue weighted by Crippen LogP contribution is -2.25. The van der Waals surface area contributed by atoms with Crippen LogP contribution in [-0.4, -0.2) is 43.4 Å². The minimum absolute atomic E-state index is 0.0805. The summed E-state index contributed by atoms with van der Waals surface area (Å²) in [6, 6.07) is 2.16. The smallest absolute Gasteiger partial charge is 0.236 e. The molecule has 3 heterocycles. The average molecular weight is 377 g/mol. The van der Waals surface area contributed by atoms with Crippen LogP contribution in [0.2, 0.25) is 5.15 Å². The number of aromatic nitrogens is 5. The Morgan fingerprint density at radius 3 is 2.77 bits per heavy atom. The predicted molar refractivity (Wildman–Crippen MR) is 104 cm³/mol. The lowest BCUT2D eigenvalue weighted by atomic mass is 10.1. The first kappa shape index (κ1) is 18.7. The molecule has 140 valence electrons. The van der Waals surface area contributed by atoms with E-state index in [1.54, 1.807) is 6.20 Å². The molecule has 0 aromatic carbocycles. The average Bonchev–Trinajstić information content (AvgIpc) is 3.19. The van der Waals surface area contributed by atoms with Crippen LogP contribution in [-0.2, 0) is 4.74 Å². The highest BCUT2D eigenvalue weighted by atomic mass is 35.5. The summed E-state index contributed by atoms with van der Waals surface area (Å²) in [4.78, 5) is 8.71. The van der Waals surface area contributed by atoms with Gasteiger partial charge in [0.1, 0.15) is 11.5 Å².